The van der Waals surface area contributed by atoms with Gasteiger partial charge in [0.1, 0.15) is 12.4 Å². The van der Waals surface area contributed by atoms with Gasteiger partial charge in [-0.2, -0.15) is 4.37 Å². The highest BCUT2D eigenvalue weighted by atomic mass is 35.5. The second kappa shape index (κ2) is 4.98. The van der Waals surface area contributed by atoms with Crippen LogP contribution in [0.3, 0.4) is 0 Å². The van der Waals surface area contributed by atoms with E-state index >= 15 is 0 Å². The smallest absolute Gasteiger partial charge is 0.413 e. The van der Waals surface area contributed by atoms with Crippen LogP contribution in [0, 0.1) is 6.92 Å². The second-order valence-electron chi connectivity index (χ2n) is 2.10. The molecule has 0 fully saturated rings. The summed E-state index contributed by atoms with van der Waals surface area (Å²) < 4.78 is 8.55. The monoisotopic (exact) mass is 221 g/mol. The van der Waals surface area contributed by atoms with Crippen LogP contribution in [0.15, 0.2) is 0 Å². The summed E-state index contributed by atoms with van der Waals surface area (Å²) in [5.74, 6) is 0.903. The maximum atomic E-state index is 10.9. The van der Waals surface area contributed by atoms with E-state index in [-0.39, 0.29) is 12.5 Å². The van der Waals surface area contributed by atoms with Gasteiger partial charge in [-0.15, -0.1) is 11.6 Å². The highest BCUT2D eigenvalue weighted by Crippen LogP contribution is 2.09. The maximum Gasteiger partial charge on any atom is 0.413 e. The average molecular weight is 222 g/mol. The van der Waals surface area contributed by atoms with Crippen molar-refractivity contribution >= 4 is 34.4 Å². The Hall–Kier alpha value is -0.880. The molecular formula is C6H8ClN3O2S. The number of rotatable bonds is 3. The van der Waals surface area contributed by atoms with Crippen molar-refractivity contribution in [2.45, 2.75) is 6.92 Å². The number of alkyl halides is 1. The lowest BCUT2D eigenvalue weighted by atomic mass is 10.7. The van der Waals surface area contributed by atoms with Crippen molar-refractivity contribution in [2.75, 3.05) is 17.8 Å². The molecule has 0 spiro atoms. The number of nitrogens with zero attached hydrogens (tertiary/aromatic N) is 2. The third-order valence-corrected chi connectivity index (χ3v) is 1.92. The first-order chi connectivity index (χ1) is 6.22. The van der Waals surface area contributed by atoms with Crippen molar-refractivity contribution in [3.8, 4) is 0 Å². The number of aromatic nitrogens is 2. The molecule has 1 amide bonds. The van der Waals surface area contributed by atoms with Crippen LogP contribution in [0.4, 0.5) is 9.93 Å². The van der Waals surface area contributed by atoms with Gasteiger partial charge < -0.3 is 4.74 Å². The molecule has 7 heteroatoms. The van der Waals surface area contributed by atoms with E-state index < -0.39 is 6.09 Å². The summed E-state index contributed by atoms with van der Waals surface area (Å²) in [5, 5.41) is 2.85. The van der Waals surface area contributed by atoms with Crippen LogP contribution in [-0.2, 0) is 4.74 Å². The predicted octanol–water partition coefficient (Wildman–Crippen LogP) is 1.63. The van der Waals surface area contributed by atoms with Gasteiger partial charge in [-0.05, 0) is 6.92 Å². The van der Waals surface area contributed by atoms with E-state index in [1.165, 1.54) is 0 Å². The fourth-order valence-corrected chi connectivity index (χ4v) is 1.24. The molecule has 0 aromatic carbocycles. The number of carbonyl (C=O) groups is 1. The number of hydrogen-bond acceptors (Lipinski definition) is 5. The lowest BCUT2D eigenvalue weighted by Crippen LogP contribution is -2.14. The summed E-state index contributed by atoms with van der Waals surface area (Å²) in [6.07, 6.45) is -0.559. The quantitative estimate of drug-likeness (QED) is 0.788. The molecule has 1 N–H and O–H groups in total. The Balaban J connectivity index is 2.36. The van der Waals surface area contributed by atoms with Crippen molar-refractivity contribution in [3.05, 3.63) is 5.82 Å². The molecule has 0 aliphatic carbocycles. The van der Waals surface area contributed by atoms with E-state index in [2.05, 4.69) is 19.4 Å². The van der Waals surface area contributed by atoms with Crippen LogP contribution >= 0.6 is 23.1 Å². The van der Waals surface area contributed by atoms with Crippen molar-refractivity contribution in [1.29, 1.82) is 0 Å². The standard InChI is InChI=1S/C6H8ClN3O2S/c1-4-8-5(13-10-4)9-6(11)12-3-2-7/h2-3H2,1H3,(H,8,9,10,11). The van der Waals surface area contributed by atoms with E-state index in [9.17, 15) is 4.79 Å². The third kappa shape index (κ3) is 3.56. The molecule has 5 nitrogen and oxygen atoms in total. The largest absolute Gasteiger partial charge is 0.448 e. The number of aryl methyl sites for hydroxylation is 1. The molecule has 0 saturated carbocycles. The normalized spacial score (nSPS) is 9.69. The Morgan fingerprint density at radius 3 is 3.08 bits per heavy atom. The highest BCUT2D eigenvalue weighted by molar-refractivity contribution is 7.09. The molecule has 0 unspecified atom stereocenters. The van der Waals surface area contributed by atoms with Gasteiger partial charge in [0.05, 0.1) is 5.88 Å². The highest BCUT2D eigenvalue weighted by Gasteiger charge is 2.05. The van der Waals surface area contributed by atoms with Gasteiger partial charge in [-0.1, -0.05) is 0 Å². The molecule has 0 radical (unpaired) electrons. The van der Waals surface area contributed by atoms with E-state index in [4.69, 9.17) is 11.6 Å². The van der Waals surface area contributed by atoms with E-state index in [1.807, 2.05) is 0 Å². The Morgan fingerprint density at radius 2 is 2.54 bits per heavy atom. The summed E-state index contributed by atoms with van der Waals surface area (Å²) in [7, 11) is 0. The van der Waals surface area contributed by atoms with Gasteiger partial charge >= 0.3 is 6.09 Å². The number of ether oxygens (including phenoxy) is 1. The fourth-order valence-electron chi connectivity index (χ4n) is 0.603. The van der Waals surface area contributed by atoms with Crippen LogP contribution in [0.25, 0.3) is 0 Å². The minimum atomic E-state index is -0.559. The van der Waals surface area contributed by atoms with Gasteiger partial charge in [-0.3, -0.25) is 5.32 Å². The zero-order valence-electron chi connectivity index (χ0n) is 6.91. The number of halogens is 1. The van der Waals surface area contributed by atoms with Gasteiger partial charge in [0, 0.05) is 11.5 Å². The Kier molecular flexibility index (Phi) is 3.91. The zero-order chi connectivity index (χ0) is 9.68. The van der Waals surface area contributed by atoms with Crippen molar-refractivity contribution in [1.82, 2.24) is 9.36 Å². The maximum absolute atomic E-state index is 10.9. The second-order valence-corrected chi connectivity index (χ2v) is 3.23. The lowest BCUT2D eigenvalue weighted by molar-refractivity contribution is 0.168. The van der Waals surface area contributed by atoms with Crippen LogP contribution in [0.1, 0.15) is 5.82 Å². The van der Waals surface area contributed by atoms with E-state index in [0.717, 1.165) is 11.5 Å². The zero-order valence-corrected chi connectivity index (χ0v) is 8.48. The number of anilines is 1. The first-order valence-corrected chi connectivity index (χ1v) is 4.83. The van der Waals surface area contributed by atoms with Gasteiger partial charge in [0.15, 0.2) is 0 Å². The molecule has 0 atom stereocenters. The molecule has 0 saturated heterocycles. The number of carbonyl (C=O) groups excluding carboxylic acids is 1. The van der Waals surface area contributed by atoms with E-state index in [0.29, 0.717) is 11.0 Å². The number of amides is 1. The average Bonchev–Trinajstić information content (AvgIpc) is 2.48. The summed E-state index contributed by atoms with van der Waals surface area (Å²) >= 11 is 6.43. The Morgan fingerprint density at radius 1 is 1.77 bits per heavy atom. The SMILES string of the molecule is Cc1nsc(NC(=O)OCCCl)n1. The Labute approximate surface area is 84.2 Å². The summed E-state index contributed by atoms with van der Waals surface area (Å²) in [6, 6.07) is 0. The third-order valence-electron chi connectivity index (χ3n) is 1.05. The summed E-state index contributed by atoms with van der Waals surface area (Å²) in [5.41, 5.74) is 0. The molecule has 1 rings (SSSR count). The van der Waals surface area contributed by atoms with Gasteiger partial charge in [-0.25, -0.2) is 9.78 Å². The minimum Gasteiger partial charge on any atom is -0.448 e. The molecule has 72 valence electrons. The number of hydrogen-bond donors (Lipinski definition) is 1. The van der Waals surface area contributed by atoms with Crippen LogP contribution in [-0.4, -0.2) is 27.9 Å². The lowest BCUT2D eigenvalue weighted by Gasteiger charge is -2.00. The van der Waals surface area contributed by atoms with Gasteiger partial charge in [0.2, 0.25) is 5.13 Å². The molecule has 0 aliphatic rings. The predicted molar refractivity (Wildman–Crippen MR) is 50.3 cm³/mol. The fraction of sp³-hybridized carbons (Fsp3) is 0.500. The Bertz CT molecular complexity index is 291. The molecule has 1 aromatic rings. The molecule has 13 heavy (non-hydrogen) atoms. The van der Waals surface area contributed by atoms with E-state index in [1.54, 1.807) is 6.92 Å². The first-order valence-electron chi connectivity index (χ1n) is 3.52. The van der Waals surface area contributed by atoms with Crippen molar-refractivity contribution in [2.24, 2.45) is 0 Å². The summed E-state index contributed by atoms with van der Waals surface area (Å²) in [4.78, 5) is 14.8. The molecule has 1 heterocycles. The van der Waals surface area contributed by atoms with Crippen molar-refractivity contribution in [3.63, 3.8) is 0 Å². The van der Waals surface area contributed by atoms with Crippen LogP contribution < -0.4 is 5.32 Å². The van der Waals surface area contributed by atoms with Gasteiger partial charge in [0.25, 0.3) is 0 Å². The van der Waals surface area contributed by atoms with Crippen molar-refractivity contribution < 1.29 is 9.53 Å². The first kappa shape index (κ1) is 10.2. The topological polar surface area (TPSA) is 64.1 Å². The van der Waals surface area contributed by atoms with Crippen LogP contribution in [0.2, 0.25) is 0 Å². The molecular weight excluding hydrogens is 214 g/mol. The molecule has 0 aliphatic heterocycles. The summed E-state index contributed by atoms with van der Waals surface area (Å²) in [6.45, 7) is 1.93. The molecule has 0 bridgehead atoms. The molecule has 1 aromatic heterocycles. The van der Waals surface area contributed by atoms with Crippen LogP contribution in [0.5, 0.6) is 0 Å². The minimum absolute atomic E-state index is 0.186. The number of nitrogens with one attached hydrogen (secondary N) is 1.